The van der Waals surface area contributed by atoms with Crippen molar-refractivity contribution in [2.24, 2.45) is 0 Å². The maximum atomic E-state index is 13.4. The first-order valence-corrected chi connectivity index (χ1v) is 8.35. The maximum absolute atomic E-state index is 13.4. The Morgan fingerprint density at radius 1 is 1.15 bits per heavy atom. The minimum atomic E-state index is -4.52. The van der Waals surface area contributed by atoms with Crippen molar-refractivity contribution in [3.8, 4) is 0 Å². The van der Waals surface area contributed by atoms with Crippen LogP contribution in [0.4, 0.5) is 18.9 Å². The number of amides is 1. The number of carbonyl (C=O) groups excluding carboxylic acids is 1. The second kappa shape index (κ2) is 6.68. The van der Waals surface area contributed by atoms with Crippen LogP contribution in [-0.2, 0) is 17.5 Å². The lowest BCUT2D eigenvalue weighted by atomic mass is 10.1. The highest BCUT2D eigenvalue weighted by Crippen LogP contribution is 2.36. The highest BCUT2D eigenvalue weighted by molar-refractivity contribution is 5.92. The zero-order valence-electron chi connectivity index (χ0n) is 15.4. The van der Waals surface area contributed by atoms with Crippen LogP contribution in [0.3, 0.4) is 0 Å². The predicted octanol–water partition coefficient (Wildman–Crippen LogP) is 4.32. The lowest BCUT2D eigenvalue weighted by molar-refractivity contribution is -0.136. The van der Waals surface area contributed by atoms with Crippen LogP contribution in [0.15, 0.2) is 24.3 Å². The number of hydrogen-bond acceptors (Lipinski definition) is 3. The lowest BCUT2D eigenvalue weighted by Gasteiger charge is -2.11. The van der Waals surface area contributed by atoms with E-state index in [0.717, 1.165) is 17.2 Å². The van der Waals surface area contributed by atoms with Gasteiger partial charge in [0.1, 0.15) is 6.54 Å². The van der Waals surface area contributed by atoms with Crippen LogP contribution in [-0.4, -0.2) is 20.7 Å². The van der Waals surface area contributed by atoms with Gasteiger partial charge < -0.3 is 5.32 Å². The summed E-state index contributed by atoms with van der Waals surface area (Å²) in [5.74, 6) is -0.386. The normalized spacial score (nSPS) is 11.8. The Morgan fingerprint density at radius 3 is 2.48 bits per heavy atom. The van der Waals surface area contributed by atoms with Gasteiger partial charge in [-0.25, -0.2) is 9.67 Å². The van der Waals surface area contributed by atoms with Crippen LogP contribution < -0.4 is 5.32 Å². The SMILES string of the molecule is Cc1ccc(NC(=O)Cn2nc(C)c3c(C(F)(F)F)cc(C)nc32)c(C)c1. The molecule has 0 unspecified atom stereocenters. The van der Waals surface area contributed by atoms with Gasteiger partial charge in [0.2, 0.25) is 5.91 Å². The number of pyridine rings is 1. The number of halogens is 3. The van der Waals surface area contributed by atoms with Crippen molar-refractivity contribution < 1.29 is 18.0 Å². The molecule has 0 spiro atoms. The Hall–Kier alpha value is -2.90. The molecule has 1 N–H and O–H groups in total. The van der Waals surface area contributed by atoms with Gasteiger partial charge in [0.05, 0.1) is 16.6 Å². The summed E-state index contributed by atoms with van der Waals surface area (Å²) >= 11 is 0. The zero-order chi connectivity index (χ0) is 19.9. The van der Waals surface area contributed by atoms with E-state index in [9.17, 15) is 18.0 Å². The number of carbonyl (C=O) groups is 1. The van der Waals surface area contributed by atoms with E-state index in [2.05, 4.69) is 15.4 Å². The zero-order valence-corrected chi connectivity index (χ0v) is 15.4. The second-order valence-corrected chi connectivity index (χ2v) is 6.62. The summed E-state index contributed by atoms with van der Waals surface area (Å²) in [5, 5.41) is 6.81. The molecule has 142 valence electrons. The molecule has 2 heterocycles. The molecule has 0 saturated carbocycles. The van der Waals surface area contributed by atoms with E-state index in [1.807, 2.05) is 26.0 Å². The molecule has 8 heteroatoms. The van der Waals surface area contributed by atoms with Crippen molar-refractivity contribution in [2.75, 3.05) is 5.32 Å². The molecular formula is C19H19F3N4O. The molecule has 3 aromatic rings. The van der Waals surface area contributed by atoms with Gasteiger partial charge in [-0.15, -0.1) is 0 Å². The van der Waals surface area contributed by atoms with Gasteiger partial charge in [0.25, 0.3) is 0 Å². The van der Waals surface area contributed by atoms with E-state index < -0.39 is 11.7 Å². The minimum absolute atomic E-state index is 0.0515. The van der Waals surface area contributed by atoms with Crippen molar-refractivity contribution in [1.29, 1.82) is 0 Å². The average molecular weight is 376 g/mol. The van der Waals surface area contributed by atoms with Crippen LogP contribution in [0.5, 0.6) is 0 Å². The van der Waals surface area contributed by atoms with Crippen molar-refractivity contribution in [3.05, 3.63) is 52.3 Å². The van der Waals surface area contributed by atoms with Crippen LogP contribution >= 0.6 is 0 Å². The Morgan fingerprint density at radius 2 is 1.85 bits per heavy atom. The highest BCUT2D eigenvalue weighted by Gasteiger charge is 2.35. The van der Waals surface area contributed by atoms with E-state index in [4.69, 9.17) is 0 Å². The minimum Gasteiger partial charge on any atom is -0.324 e. The van der Waals surface area contributed by atoms with Gasteiger partial charge in [-0.3, -0.25) is 4.79 Å². The summed E-state index contributed by atoms with van der Waals surface area (Å²) in [7, 11) is 0. The number of nitrogens with zero attached hydrogens (tertiary/aromatic N) is 3. The number of alkyl halides is 3. The number of nitrogens with one attached hydrogen (secondary N) is 1. The topological polar surface area (TPSA) is 59.8 Å². The van der Waals surface area contributed by atoms with Crippen molar-refractivity contribution in [3.63, 3.8) is 0 Å². The Kier molecular flexibility index (Phi) is 4.67. The molecule has 0 bridgehead atoms. The molecule has 0 aliphatic heterocycles. The molecule has 1 amide bonds. The standard InChI is InChI=1S/C19H19F3N4O/c1-10-5-6-15(11(2)7-10)24-16(27)9-26-18-17(13(4)25-26)14(19(20,21)22)8-12(3)23-18/h5-8H,9H2,1-4H3,(H,24,27). The van der Waals surface area contributed by atoms with E-state index in [1.54, 1.807) is 6.07 Å². The number of aromatic nitrogens is 3. The summed E-state index contributed by atoms with van der Waals surface area (Å²) in [6.45, 7) is 6.55. The number of fused-ring (bicyclic) bond motifs is 1. The van der Waals surface area contributed by atoms with Crippen molar-refractivity contribution in [2.45, 2.75) is 40.4 Å². The fourth-order valence-electron chi connectivity index (χ4n) is 3.09. The molecule has 0 atom stereocenters. The van der Waals surface area contributed by atoms with Gasteiger partial charge in [-0.2, -0.15) is 18.3 Å². The molecular weight excluding hydrogens is 357 g/mol. The second-order valence-electron chi connectivity index (χ2n) is 6.62. The van der Waals surface area contributed by atoms with Gasteiger partial charge >= 0.3 is 6.18 Å². The first-order chi connectivity index (χ1) is 12.6. The smallest absolute Gasteiger partial charge is 0.324 e. The van der Waals surface area contributed by atoms with Crippen LogP contribution in [0.1, 0.15) is 28.1 Å². The molecule has 3 rings (SSSR count). The summed E-state index contributed by atoms with van der Waals surface area (Å²) < 4.78 is 41.3. The van der Waals surface area contributed by atoms with E-state index in [0.29, 0.717) is 5.69 Å². The summed E-state index contributed by atoms with van der Waals surface area (Å²) in [5.41, 5.74) is 2.28. The monoisotopic (exact) mass is 376 g/mol. The molecule has 0 radical (unpaired) electrons. The van der Waals surface area contributed by atoms with E-state index in [-0.39, 0.29) is 34.9 Å². The Labute approximate surface area is 154 Å². The lowest BCUT2D eigenvalue weighted by Crippen LogP contribution is -2.20. The third-order valence-corrected chi connectivity index (χ3v) is 4.26. The summed E-state index contributed by atoms with van der Waals surface area (Å²) in [4.78, 5) is 16.6. The molecule has 2 aromatic heterocycles. The third-order valence-electron chi connectivity index (χ3n) is 4.26. The van der Waals surface area contributed by atoms with Crippen LogP contribution in [0, 0.1) is 27.7 Å². The van der Waals surface area contributed by atoms with Gasteiger partial charge in [-0.05, 0) is 45.4 Å². The first-order valence-electron chi connectivity index (χ1n) is 8.35. The molecule has 0 saturated heterocycles. The summed E-state index contributed by atoms with van der Waals surface area (Å²) in [6, 6.07) is 6.59. The van der Waals surface area contributed by atoms with Gasteiger partial charge in [0.15, 0.2) is 5.65 Å². The number of anilines is 1. The number of aryl methyl sites for hydroxylation is 4. The van der Waals surface area contributed by atoms with Gasteiger partial charge in [0, 0.05) is 11.4 Å². The molecule has 1 aromatic carbocycles. The predicted molar refractivity (Wildman–Crippen MR) is 96.5 cm³/mol. The van der Waals surface area contributed by atoms with Crippen LogP contribution in [0.2, 0.25) is 0 Å². The number of rotatable bonds is 3. The molecule has 0 aliphatic carbocycles. The molecule has 0 aliphatic rings. The largest absolute Gasteiger partial charge is 0.417 e. The number of benzene rings is 1. The molecule has 27 heavy (non-hydrogen) atoms. The van der Waals surface area contributed by atoms with Crippen molar-refractivity contribution >= 4 is 22.6 Å². The Bertz CT molecular complexity index is 1040. The van der Waals surface area contributed by atoms with Crippen LogP contribution in [0.25, 0.3) is 11.0 Å². The molecule has 5 nitrogen and oxygen atoms in total. The quantitative estimate of drug-likeness (QED) is 0.741. The Balaban J connectivity index is 1.96. The molecule has 0 fully saturated rings. The average Bonchev–Trinajstić information content (AvgIpc) is 2.84. The maximum Gasteiger partial charge on any atom is 0.417 e. The van der Waals surface area contributed by atoms with Gasteiger partial charge in [-0.1, -0.05) is 17.7 Å². The van der Waals surface area contributed by atoms with Crippen molar-refractivity contribution in [1.82, 2.24) is 14.8 Å². The van der Waals surface area contributed by atoms with E-state index in [1.165, 1.54) is 18.5 Å². The van der Waals surface area contributed by atoms with E-state index >= 15 is 0 Å². The highest BCUT2D eigenvalue weighted by atomic mass is 19.4. The first kappa shape index (κ1) is 18.9. The number of hydrogen-bond donors (Lipinski definition) is 1. The summed E-state index contributed by atoms with van der Waals surface area (Å²) in [6.07, 6.45) is -4.52. The third kappa shape index (κ3) is 3.79. The fraction of sp³-hybridized carbons (Fsp3) is 0.316. The fourth-order valence-corrected chi connectivity index (χ4v) is 3.09.